The van der Waals surface area contributed by atoms with E-state index in [1.54, 1.807) is 13.3 Å². The van der Waals surface area contributed by atoms with Gasteiger partial charge in [0, 0.05) is 36.9 Å². The molecule has 31 heavy (non-hydrogen) atoms. The average molecular weight is 421 g/mol. The Kier molecular flexibility index (Phi) is 6.16. The van der Waals surface area contributed by atoms with Crippen LogP contribution in [0.1, 0.15) is 77.3 Å². The Hall–Kier alpha value is -3.02. The maximum atomic E-state index is 13.5. The summed E-state index contributed by atoms with van der Waals surface area (Å²) in [4.78, 5) is 18.0. The highest BCUT2D eigenvalue weighted by molar-refractivity contribution is 5.96. The summed E-state index contributed by atoms with van der Waals surface area (Å²) in [5.74, 6) is 1.45. The molecule has 0 aliphatic heterocycles. The predicted octanol–water partition coefficient (Wildman–Crippen LogP) is 4.87. The Morgan fingerprint density at radius 3 is 2.65 bits per heavy atom. The van der Waals surface area contributed by atoms with Crippen molar-refractivity contribution in [1.82, 2.24) is 19.4 Å². The van der Waals surface area contributed by atoms with E-state index in [1.807, 2.05) is 48.1 Å². The van der Waals surface area contributed by atoms with E-state index in [4.69, 9.17) is 4.74 Å². The topological polar surface area (TPSA) is 61.1 Å². The van der Waals surface area contributed by atoms with Crippen molar-refractivity contribution in [3.8, 4) is 5.75 Å². The van der Waals surface area contributed by atoms with E-state index < -0.39 is 0 Å². The molecule has 2 aromatic heterocycles. The van der Waals surface area contributed by atoms with Crippen LogP contribution in [0.15, 0.2) is 42.7 Å². The van der Waals surface area contributed by atoms with Crippen LogP contribution < -0.4 is 10.1 Å². The molecule has 1 aromatic carbocycles. The van der Waals surface area contributed by atoms with Crippen molar-refractivity contribution in [2.45, 2.75) is 58.0 Å². The average Bonchev–Trinajstić information content (AvgIpc) is 3.34. The van der Waals surface area contributed by atoms with Gasteiger partial charge in [0.05, 0.1) is 12.7 Å². The molecule has 1 aliphatic carbocycles. The SMILES string of the molecule is COc1cccc(C(NC(=O)c2cc(C)n(C3CCCCC3)c2C)c2nccn2C)c1. The third kappa shape index (κ3) is 4.24. The fourth-order valence-electron chi connectivity index (χ4n) is 4.89. The molecule has 2 heterocycles. The van der Waals surface area contributed by atoms with Gasteiger partial charge >= 0.3 is 0 Å². The van der Waals surface area contributed by atoms with Gasteiger partial charge in [-0.25, -0.2) is 4.98 Å². The van der Waals surface area contributed by atoms with Gasteiger partial charge in [0.15, 0.2) is 0 Å². The summed E-state index contributed by atoms with van der Waals surface area (Å²) in [6.07, 6.45) is 9.87. The molecule has 0 spiro atoms. The molecule has 6 heteroatoms. The van der Waals surface area contributed by atoms with Crippen LogP contribution in [0.5, 0.6) is 5.75 Å². The molecule has 1 N–H and O–H groups in total. The Labute approximate surface area is 184 Å². The number of ether oxygens (including phenoxy) is 1. The number of rotatable bonds is 6. The minimum absolute atomic E-state index is 0.0778. The van der Waals surface area contributed by atoms with Gasteiger partial charge in [-0.05, 0) is 50.5 Å². The second-order valence-corrected chi connectivity index (χ2v) is 8.53. The van der Waals surface area contributed by atoms with Crippen molar-refractivity contribution in [2.24, 2.45) is 7.05 Å². The highest BCUT2D eigenvalue weighted by Crippen LogP contribution is 2.32. The van der Waals surface area contributed by atoms with E-state index in [0.717, 1.165) is 34.1 Å². The minimum atomic E-state index is -0.375. The minimum Gasteiger partial charge on any atom is -0.497 e. The summed E-state index contributed by atoms with van der Waals surface area (Å²) < 4.78 is 9.71. The summed E-state index contributed by atoms with van der Waals surface area (Å²) in [6, 6.07) is 9.93. The molecule has 0 bridgehead atoms. The lowest BCUT2D eigenvalue weighted by Crippen LogP contribution is -2.31. The number of hydrogen-bond donors (Lipinski definition) is 1. The molecule has 4 rings (SSSR count). The molecule has 1 fully saturated rings. The predicted molar refractivity (Wildman–Crippen MR) is 122 cm³/mol. The second kappa shape index (κ2) is 9.00. The molecule has 164 valence electrons. The maximum absolute atomic E-state index is 13.5. The smallest absolute Gasteiger partial charge is 0.253 e. The monoisotopic (exact) mass is 420 g/mol. The summed E-state index contributed by atoms with van der Waals surface area (Å²) in [6.45, 7) is 4.18. The fraction of sp³-hybridized carbons (Fsp3) is 0.440. The Bertz CT molecular complexity index is 1060. The number of methoxy groups -OCH3 is 1. The van der Waals surface area contributed by atoms with Gasteiger partial charge < -0.3 is 19.2 Å². The first kappa shape index (κ1) is 21.2. The summed E-state index contributed by atoms with van der Waals surface area (Å²) in [5, 5.41) is 3.24. The van der Waals surface area contributed by atoms with Gasteiger partial charge in [-0.2, -0.15) is 0 Å². The first-order chi connectivity index (χ1) is 15.0. The maximum Gasteiger partial charge on any atom is 0.253 e. The van der Waals surface area contributed by atoms with E-state index in [9.17, 15) is 4.79 Å². The van der Waals surface area contributed by atoms with Gasteiger partial charge in [-0.1, -0.05) is 31.4 Å². The van der Waals surface area contributed by atoms with E-state index in [0.29, 0.717) is 6.04 Å². The molecule has 1 amide bonds. The number of aromatic nitrogens is 3. The lowest BCUT2D eigenvalue weighted by molar-refractivity contribution is 0.0940. The van der Waals surface area contributed by atoms with Crippen LogP contribution in [0.25, 0.3) is 0 Å². The van der Waals surface area contributed by atoms with Gasteiger partial charge in [0.2, 0.25) is 0 Å². The zero-order chi connectivity index (χ0) is 22.0. The number of amides is 1. The van der Waals surface area contributed by atoms with Crippen LogP contribution in [-0.4, -0.2) is 27.1 Å². The van der Waals surface area contributed by atoms with Gasteiger partial charge in [0.1, 0.15) is 17.6 Å². The number of carbonyl (C=O) groups excluding carboxylic acids is 1. The van der Waals surface area contributed by atoms with Crippen molar-refractivity contribution in [3.63, 3.8) is 0 Å². The Balaban J connectivity index is 1.66. The molecule has 1 aliphatic rings. The normalized spacial score (nSPS) is 15.6. The highest BCUT2D eigenvalue weighted by atomic mass is 16.5. The molecule has 1 saturated carbocycles. The molecular formula is C25H32N4O2. The molecule has 1 atom stereocenters. The van der Waals surface area contributed by atoms with Crippen LogP contribution in [0.2, 0.25) is 0 Å². The van der Waals surface area contributed by atoms with Crippen LogP contribution >= 0.6 is 0 Å². The number of carbonyl (C=O) groups is 1. The summed E-state index contributed by atoms with van der Waals surface area (Å²) in [7, 11) is 3.59. The lowest BCUT2D eigenvalue weighted by Gasteiger charge is -2.26. The van der Waals surface area contributed by atoms with E-state index >= 15 is 0 Å². The summed E-state index contributed by atoms with van der Waals surface area (Å²) in [5.41, 5.74) is 3.88. The van der Waals surface area contributed by atoms with Crippen molar-refractivity contribution in [2.75, 3.05) is 7.11 Å². The van der Waals surface area contributed by atoms with Crippen LogP contribution in [0.3, 0.4) is 0 Å². The van der Waals surface area contributed by atoms with Gasteiger partial charge in [0.25, 0.3) is 5.91 Å². The van der Waals surface area contributed by atoms with Crippen molar-refractivity contribution >= 4 is 5.91 Å². The van der Waals surface area contributed by atoms with Gasteiger partial charge in [-0.15, -0.1) is 0 Å². The van der Waals surface area contributed by atoms with Crippen LogP contribution in [-0.2, 0) is 7.05 Å². The highest BCUT2D eigenvalue weighted by Gasteiger charge is 2.26. The zero-order valence-electron chi connectivity index (χ0n) is 18.9. The Morgan fingerprint density at radius 2 is 1.97 bits per heavy atom. The summed E-state index contributed by atoms with van der Waals surface area (Å²) >= 11 is 0. The fourth-order valence-corrected chi connectivity index (χ4v) is 4.89. The second-order valence-electron chi connectivity index (χ2n) is 8.53. The third-order valence-electron chi connectivity index (χ3n) is 6.49. The first-order valence-electron chi connectivity index (χ1n) is 11.1. The molecule has 1 unspecified atom stereocenters. The molecular weight excluding hydrogens is 388 g/mol. The van der Waals surface area contributed by atoms with Crippen LogP contribution in [0.4, 0.5) is 0 Å². The molecule has 3 aromatic rings. The van der Waals surface area contributed by atoms with E-state index in [2.05, 4.69) is 28.7 Å². The lowest BCUT2D eigenvalue weighted by atomic mass is 9.95. The number of hydrogen-bond acceptors (Lipinski definition) is 3. The van der Waals surface area contributed by atoms with Crippen LogP contribution in [0, 0.1) is 13.8 Å². The van der Waals surface area contributed by atoms with Gasteiger partial charge in [-0.3, -0.25) is 4.79 Å². The Morgan fingerprint density at radius 1 is 1.19 bits per heavy atom. The van der Waals surface area contributed by atoms with E-state index in [-0.39, 0.29) is 11.9 Å². The number of imidazole rings is 1. The van der Waals surface area contributed by atoms with E-state index in [1.165, 1.54) is 32.1 Å². The third-order valence-corrected chi connectivity index (χ3v) is 6.49. The number of aryl methyl sites for hydroxylation is 2. The zero-order valence-corrected chi connectivity index (χ0v) is 18.9. The van der Waals surface area contributed by atoms with Crippen molar-refractivity contribution < 1.29 is 9.53 Å². The standard InChI is InChI=1S/C25H32N4O2/c1-17-15-22(18(2)29(17)20-10-6-5-7-11-20)25(30)27-23(24-26-13-14-28(24)3)19-9-8-12-21(16-19)31-4/h8-9,12-16,20,23H,5-7,10-11H2,1-4H3,(H,27,30). The molecule has 0 radical (unpaired) electrons. The molecule has 0 saturated heterocycles. The first-order valence-corrected chi connectivity index (χ1v) is 11.1. The number of nitrogens with one attached hydrogen (secondary N) is 1. The van der Waals surface area contributed by atoms with Crippen molar-refractivity contribution in [3.05, 3.63) is 71.1 Å². The number of nitrogens with zero attached hydrogens (tertiary/aromatic N) is 3. The molecule has 6 nitrogen and oxygen atoms in total. The number of benzene rings is 1. The van der Waals surface area contributed by atoms with Crippen molar-refractivity contribution in [1.29, 1.82) is 0 Å². The largest absolute Gasteiger partial charge is 0.497 e. The quantitative estimate of drug-likeness (QED) is 0.619.